The van der Waals surface area contributed by atoms with Crippen molar-refractivity contribution in [1.29, 1.82) is 0 Å². The van der Waals surface area contributed by atoms with Gasteiger partial charge in [0.05, 0.1) is 17.7 Å². The first kappa shape index (κ1) is 20.2. The van der Waals surface area contributed by atoms with E-state index < -0.39 is 0 Å². The van der Waals surface area contributed by atoms with Crippen LogP contribution in [0.2, 0.25) is 0 Å². The third-order valence-electron chi connectivity index (χ3n) is 4.18. The average molecular weight is 359 g/mol. The van der Waals surface area contributed by atoms with E-state index in [4.69, 9.17) is 9.15 Å². The zero-order chi connectivity index (χ0) is 19.4. The topological polar surface area (TPSA) is 56.0 Å². The minimum absolute atomic E-state index is 0.159. The molecule has 0 unspecified atom stereocenters. The molecule has 0 fully saturated rings. The number of carbonyl (C=O) groups excluding carboxylic acids is 1. The van der Waals surface area contributed by atoms with Gasteiger partial charge in [-0.2, -0.15) is 0 Å². The highest BCUT2D eigenvalue weighted by Gasteiger charge is 2.28. The molecule has 0 spiro atoms. The Morgan fingerprint density at radius 3 is 2.27 bits per heavy atom. The average Bonchev–Trinajstić information content (AvgIpc) is 3.00. The number of hydrogen-bond donors (Lipinski definition) is 1. The van der Waals surface area contributed by atoms with E-state index in [9.17, 15) is 4.79 Å². The van der Waals surface area contributed by atoms with E-state index in [0.29, 0.717) is 17.6 Å². The SMILES string of the molecule is CCOC(=O)c1ccc(-c2ccc(C[NH2+]C(C)(C)CC(C)(C)C)o2)cc1. The first-order valence-corrected chi connectivity index (χ1v) is 9.30. The molecular formula is C22H32NO3+. The van der Waals surface area contributed by atoms with Crippen LogP contribution in [0.5, 0.6) is 0 Å². The second-order valence-corrected chi connectivity index (χ2v) is 8.70. The lowest BCUT2D eigenvalue weighted by Gasteiger charge is -2.30. The minimum Gasteiger partial charge on any atom is -0.462 e. The quantitative estimate of drug-likeness (QED) is 0.746. The van der Waals surface area contributed by atoms with Crippen LogP contribution in [0.1, 0.15) is 64.1 Å². The molecule has 142 valence electrons. The standard InChI is InChI=1S/C22H31NO3/c1-7-25-20(24)17-10-8-16(9-11-17)19-13-12-18(26-19)14-23-22(5,6)15-21(2,3)4/h8-13,23H,7,14-15H2,1-6H3/p+1. The van der Waals surface area contributed by atoms with E-state index in [1.54, 1.807) is 19.1 Å². The summed E-state index contributed by atoms with van der Waals surface area (Å²) in [5.41, 5.74) is 1.97. The molecule has 26 heavy (non-hydrogen) atoms. The summed E-state index contributed by atoms with van der Waals surface area (Å²) in [5, 5.41) is 2.34. The maximum absolute atomic E-state index is 11.7. The third-order valence-corrected chi connectivity index (χ3v) is 4.18. The summed E-state index contributed by atoms with van der Waals surface area (Å²) >= 11 is 0. The highest BCUT2D eigenvalue weighted by Crippen LogP contribution is 2.25. The van der Waals surface area contributed by atoms with Gasteiger partial charge in [-0.05, 0) is 50.5 Å². The van der Waals surface area contributed by atoms with Crippen molar-refractivity contribution >= 4 is 5.97 Å². The third kappa shape index (κ3) is 6.03. The second kappa shape index (κ2) is 8.09. The van der Waals surface area contributed by atoms with E-state index in [0.717, 1.165) is 30.0 Å². The molecule has 0 aliphatic carbocycles. The molecular weight excluding hydrogens is 326 g/mol. The van der Waals surface area contributed by atoms with Crippen molar-refractivity contribution in [2.75, 3.05) is 6.61 Å². The van der Waals surface area contributed by atoms with Crippen molar-refractivity contribution in [2.45, 2.75) is 60.0 Å². The van der Waals surface area contributed by atoms with E-state index in [1.807, 2.05) is 24.3 Å². The Morgan fingerprint density at radius 2 is 1.69 bits per heavy atom. The number of hydrogen-bond acceptors (Lipinski definition) is 3. The van der Waals surface area contributed by atoms with E-state index in [-0.39, 0.29) is 11.5 Å². The summed E-state index contributed by atoms with van der Waals surface area (Å²) in [4.78, 5) is 11.7. The van der Waals surface area contributed by atoms with Crippen LogP contribution in [0.3, 0.4) is 0 Å². The first-order valence-electron chi connectivity index (χ1n) is 9.30. The number of esters is 1. The normalized spacial score (nSPS) is 12.2. The molecule has 0 radical (unpaired) electrons. The highest BCUT2D eigenvalue weighted by molar-refractivity contribution is 5.89. The lowest BCUT2D eigenvalue weighted by molar-refractivity contribution is -0.738. The summed E-state index contributed by atoms with van der Waals surface area (Å²) in [6.07, 6.45) is 1.13. The van der Waals surface area contributed by atoms with Crippen molar-refractivity contribution in [2.24, 2.45) is 5.41 Å². The van der Waals surface area contributed by atoms with Gasteiger partial charge >= 0.3 is 5.97 Å². The summed E-state index contributed by atoms with van der Waals surface area (Å²) in [7, 11) is 0. The number of carbonyl (C=O) groups is 1. The van der Waals surface area contributed by atoms with Gasteiger partial charge in [-0.25, -0.2) is 4.79 Å². The molecule has 0 saturated carbocycles. The Morgan fingerprint density at radius 1 is 1.04 bits per heavy atom. The largest absolute Gasteiger partial charge is 0.462 e. The fourth-order valence-corrected chi connectivity index (χ4v) is 3.44. The molecule has 1 aromatic carbocycles. The number of rotatable bonds is 7. The smallest absolute Gasteiger partial charge is 0.338 e. The molecule has 2 rings (SSSR count). The Balaban J connectivity index is 2.00. The molecule has 0 atom stereocenters. The Labute approximate surface area is 156 Å². The maximum atomic E-state index is 11.7. The van der Waals surface area contributed by atoms with Crippen LogP contribution in [0.15, 0.2) is 40.8 Å². The van der Waals surface area contributed by atoms with Crippen LogP contribution in [0.4, 0.5) is 0 Å². The Hall–Kier alpha value is -2.07. The molecule has 2 aromatic rings. The minimum atomic E-state index is -0.296. The monoisotopic (exact) mass is 358 g/mol. The van der Waals surface area contributed by atoms with E-state index >= 15 is 0 Å². The van der Waals surface area contributed by atoms with Gasteiger partial charge in [-0.15, -0.1) is 0 Å². The molecule has 4 heteroatoms. The first-order chi connectivity index (χ1) is 12.1. The molecule has 0 saturated heterocycles. The van der Waals surface area contributed by atoms with Crippen molar-refractivity contribution in [1.82, 2.24) is 0 Å². The number of ether oxygens (including phenoxy) is 1. The molecule has 4 nitrogen and oxygen atoms in total. The summed E-state index contributed by atoms with van der Waals surface area (Å²) in [5.74, 6) is 1.48. The van der Waals surface area contributed by atoms with Crippen LogP contribution >= 0.6 is 0 Å². The van der Waals surface area contributed by atoms with Crippen molar-refractivity contribution in [3.05, 3.63) is 47.7 Å². The lowest BCUT2D eigenvalue weighted by atomic mass is 9.82. The predicted molar refractivity (Wildman–Crippen MR) is 104 cm³/mol. The van der Waals surface area contributed by atoms with Crippen molar-refractivity contribution < 1.29 is 19.3 Å². The maximum Gasteiger partial charge on any atom is 0.338 e. The van der Waals surface area contributed by atoms with Crippen molar-refractivity contribution in [3.63, 3.8) is 0 Å². The molecule has 1 aromatic heterocycles. The number of nitrogens with two attached hydrogens (primary N) is 1. The lowest BCUT2D eigenvalue weighted by Crippen LogP contribution is -2.94. The highest BCUT2D eigenvalue weighted by atomic mass is 16.5. The van der Waals surface area contributed by atoms with E-state index in [2.05, 4.69) is 39.9 Å². The van der Waals surface area contributed by atoms with Gasteiger partial charge in [0, 0.05) is 12.0 Å². The van der Waals surface area contributed by atoms with Crippen LogP contribution < -0.4 is 5.32 Å². The zero-order valence-corrected chi connectivity index (χ0v) is 16.9. The van der Waals surface area contributed by atoms with Crippen molar-refractivity contribution in [3.8, 4) is 11.3 Å². The Kier molecular flexibility index (Phi) is 6.30. The molecule has 0 aliphatic rings. The van der Waals surface area contributed by atoms with Gasteiger partial charge in [0.15, 0.2) is 5.76 Å². The number of furan rings is 1. The summed E-state index contributed by atoms with van der Waals surface area (Å²) in [6, 6.07) is 11.3. The number of quaternary nitrogens is 1. The fraction of sp³-hybridized carbons (Fsp3) is 0.500. The summed E-state index contributed by atoms with van der Waals surface area (Å²) < 4.78 is 11.0. The molecule has 0 bridgehead atoms. The molecule has 0 aliphatic heterocycles. The van der Waals surface area contributed by atoms with Crippen LogP contribution in [0.25, 0.3) is 11.3 Å². The second-order valence-electron chi connectivity index (χ2n) is 8.70. The van der Waals surface area contributed by atoms with Gasteiger partial charge in [-0.1, -0.05) is 32.9 Å². The Bertz CT molecular complexity index is 721. The van der Waals surface area contributed by atoms with E-state index in [1.165, 1.54) is 0 Å². The predicted octanol–water partition coefficient (Wildman–Crippen LogP) is 4.40. The van der Waals surface area contributed by atoms with Gasteiger partial charge in [0.25, 0.3) is 0 Å². The molecule has 1 heterocycles. The van der Waals surface area contributed by atoms with Gasteiger partial charge in [-0.3, -0.25) is 0 Å². The molecule has 0 amide bonds. The van der Waals surface area contributed by atoms with Gasteiger partial charge < -0.3 is 14.5 Å². The van der Waals surface area contributed by atoms with Crippen LogP contribution in [0, 0.1) is 5.41 Å². The number of benzene rings is 1. The zero-order valence-electron chi connectivity index (χ0n) is 16.9. The summed E-state index contributed by atoms with van der Waals surface area (Å²) in [6.45, 7) is 14.4. The van der Waals surface area contributed by atoms with Gasteiger partial charge in [0.2, 0.25) is 0 Å². The van der Waals surface area contributed by atoms with Crippen LogP contribution in [-0.4, -0.2) is 18.1 Å². The van der Waals surface area contributed by atoms with Gasteiger partial charge in [0.1, 0.15) is 12.3 Å². The van der Waals surface area contributed by atoms with Crippen LogP contribution in [-0.2, 0) is 11.3 Å². The molecule has 2 N–H and O–H groups in total. The fourth-order valence-electron chi connectivity index (χ4n) is 3.44.